The van der Waals surface area contributed by atoms with Gasteiger partial charge in [-0.15, -0.1) is 5.10 Å². The van der Waals surface area contributed by atoms with Crippen molar-refractivity contribution >= 4 is 11.6 Å². The fourth-order valence-electron chi connectivity index (χ4n) is 3.85. The second-order valence-electron chi connectivity index (χ2n) is 7.32. The van der Waals surface area contributed by atoms with Gasteiger partial charge in [0.1, 0.15) is 5.69 Å². The van der Waals surface area contributed by atoms with Gasteiger partial charge in [-0.25, -0.2) is 4.68 Å². The molecule has 0 aliphatic carbocycles. The first-order chi connectivity index (χ1) is 12.7. The number of aromatic nitrogens is 3. The monoisotopic (exact) mass is 354 g/mol. The first-order valence-corrected chi connectivity index (χ1v) is 9.64. The number of piperidine rings is 1. The van der Waals surface area contributed by atoms with E-state index in [2.05, 4.69) is 29.4 Å². The lowest BCUT2D eigenvalue weighted by molar-refractivity contribution is -0.119. The van der Waals surface area contributed by atoms with E-state index < -0.39 is 0 Å². The number of carbonyl (C=O) groups is 1. The number of ether oxygens (including phenoxy) is 1. The summed E-state index contributed by atoms with van der Waals surface area (Å²) in [5.41, 5.74) is 4.03. The lowest BCUT2D eigenvalue weighted by Gasteiger charge is -2.27. The van der Waals surface area contributed by atoms with Crippen LogP contribution in [0.3, 0.4) is 0 Å². The largest absolute Gasteiger partial charge is 0.376 e. The van der Waals surface area contributed by atoms with Crippen molar-refractivity contribution in [2.45, 2.75) is 58.1 Å². The van der Waals surface area contributed by atoms with Crippen LogP contribution in [-0.4, -0.2) is 40.2 Å². The Morgan fingerprint density at radius 1 is 1.23 bits per heavy atom. The van der Waals surface area contributed by atoms with Crippen molar-refractivity contribution in [3.63, 3.8) is 0 Å². The molecule has 6 nitrogen and oxygen atoms in total. The van der Waals surface area contributed by atoms with Crippen LogP contribution in [-0.2, 0) is 16.1 Å². The number of anilines is 1. The van der Waals surface area contributed by atoms with E-state index in [1.165, 1.54) is 6.42 Å². The lowest BCUT2D eigenvalue weighted by atomic mass is 10.0. The SMILES string of the molecule is Cc1cc(N2CCCCC2=O)ccc1-c1cn(C[C@H]2CCCCO2)nn1. The molecule has 0 unspecified atom stereocenters. The van der Waals surface area contributed by atoms with Crippen molar-refractivity contribution in [3.8, 4) is 11.3 Å². The predicted octanol–water partition coefficient (Wildman–Crippen LogP) is 3.34. The summed E-state index contributed by atoms with van der Waals surface area (Å²) in [6.45, 7) is 4.49. The highest BCUT2D eigenvalue weighted by atomic mass is 16.5. The molecule has 0 spiro atoms. The fraction of sp³-hybridized carbons (Fsp3) is 0.550. The van der Waals surface area contributed by atoms with Crippen LogP contribution in [0.25, 0.3) is 11.3 Å². The van der Waals surface area contributed by atoms with Crippen molar-refractivity contribution < 1.29 is 9.53 Å². The molecule has 138 valence electrons. The van der Waals surface area contributed by atoms with Crippen LogP contribution in [0.2, 0.25) is 0 Å². The molecule has 1 amide bonds. The van der Waals surface area contributed by atoms with Gasteiger partial charge in [-0.05, 0) is 56.7 Å². The summed E-state index contributed by atoms with van der Waals surface area (Å²) in [4.78, 5) is 14.0. The topological polar surface area (TPSA) is 60.2 Å². The molecule has 3 heterocycles. The molecule has 4 rings (SSSR count). The maximum atomic E-state index is 12.1. The van der Waals surface area contributed by atoms with Gasteiger partial charge in [0, 0.05) is 30.8 Å². The molecule has 2 saturated heterocycles. The van der Waals surface area contributed by atoms with Gasteiger partial charge in [-0.2, -0.15) is 0 Å². The summed E-state index contributed by atoms with van der Waals surface area (Å²) in [5.74, 6) is 0.224. The first-order valence-electron chi connectivity index (χ1n) is 9.64. The van der Waals surface area contributed by atoms with Crippen molar-refractivity contribution in [2.75, 3.05) is 18.1 Å². The molecular formula is C20H26N4O2. The molecule has 0 radical (unpaired) electrons. The molecule has 0 saturated carbocycles. The van der Waals surface area contributed by atoms with Gasteiger partial charge in [-0.1, -0.05) is 11.3 Å². The van der Waals surface area contributed by atoms with Gasteiger partial charge in [-0.3, -0.25) is 4.79 Å². The van der Waals surface area contributed by atoms with E-state index in [1.54, 1.807) is 0 Å². The molecule has 2 aliphatic heterocycles. The highest BCUT2D eigenvalue weighted by Gasteiger charge is 2.21. The molecule has 2 fully saturated rings. The van der Waals surface area contributed by atoms with Gasteiger partial charge in [0.2, 0.25) is 5.91 Å². The molecule has 26 heavy (non-hydrogen) atoms. The van der Waals surface area contributed by atoms with Gasteiger partial charge in [0.15, 0.2) is 0 Å². The average Bonchev–Trinajstić information content (AvgIpc) is 3.11. The number of hydrogen-bond acceptors (Lipinski definition) is 4. The van der Waals surface area contributed by atoms with E-state index in [0.717, 1.165) is 67.9 Å². The molecule has 6 heteroatoms. The zero-order valence-corrected chi connectivity index (χ0v) is 15.4. The van der Waals surface area contributed by atoms with Crippen molar-refractivity contribution in [1.29, 1.82) is 0 Å². The third-order valence-electron chi connectivity index (χ3n) is 5.32. The van der Waals surface area contributed by atoms with Gasteiger partial charge in [0.05, 0.1) is 18.8 Å². The number of rotatable bonds is 4. The molecule has 2 aliphatic rings. The second kappa shape index (κ2) is 7.58. The summed E-state index contributed by atoms with van der Waals surface area (Å²) < 4.78 is 7.67. The Kier molecular flexibility index (Phi) is 5.02. The van der Waals surface area contributed by atoms with Crippen molar-refractivity contribution in [2.24, 2.45) is 0 Å². The standard InChI is InChI=1S/C20H26N4O2/c1-15-12-16(24-10-4-2-7-20(24)25)8-9-18(15)19-14-23(22-21-19)13-17-6-3-5-11-26-17/h8-9,12,14,17H,2-7,10-11,13H2,1H3/t17-/m1/s1. The Morgan fingerprint density at radius 2 is 2.15 bits per heavy atom. The predicted molar refractivity (Wildman–Crippen MR) is 100.0 cm³/mol. The Balaban J connectivity index is 1.50. The highest BCUT2D eigenvalue weighted by Crippen LogP contribution is 2.28. The third kappa shape index (κ3) is 3.65. The van der Waals surface area contributed by atoms with Crippen LogP contribution in [0.5, 0.6) is 0 Å². The normalized spacial score (nSPS) is 21.2. The van der Waals surface area contributed by atoms with Crippen LogP contribution in [0.15, 0.2) is 24.4 Å². The minimum absolute atomic E-state index is 0.224. The first kappa shape index (κ1) is 17.2. The van der Waals surface area contributed by atoms with Crippen molar-refractivity contribution in [3.05, 3.63) is 30.0 Å². The molecule has 1 atom stereocenters. The summed E-state index contributed by atoms with van der Waals surface area (Å²) in [7, 11) is 0. The summed E-state index contributed by atoms with van der Waals surface area (Å²) in [6.07, 6.45) is 8.43. The molecular weight excluding hydrogens is 328 g/mol. The summed E-state index contributed by atoms with van der Waals surface area (Å²) >= 11 is 0. The Morgan fingerprint density at radius 3 is 2.92 bits per heavy atom. The van der Waals surface area contributed by atoms with E-state index in [0.29, 0.717) is 6.42 Å². The summed E-state index contributed by atoms with van der Waals surface area (Å²) in [5, 5.41) is 8.62. The van der Waals surface area contributed by atoms with Crippen LogP contribution < -0.4 is 4.90 Å². The summed E-state index contributed by atoms with van der Waals surface area (Å²) in [6, 6.07) is 6.16. The minimum Gasteiger partial charge on any atom is -0.376 e. The van der Waals surface area contributed by atoms with E-state index in [-0.39, 0.29) is 12.0 Å². The Bertz CT molecular complexity index is 780. The number of amides is 1. The smallest absolute Gasteiger partial charge is 0.226 e. The van der Waals surface area contributed by atoms with Gasteiger partial charge >= 0.3 is 0 Å². The zero-order chi connectivity index (χ0) is 17.9. The van der Waals surface area contributed by atoms with E-state index in [9.17, 15) is 4.79 Å². The molecule has 2 aromatic rings. The Labute approximate surface area is 154 Å². The zero-order valence-electron chi connectivity index (χ0n) is 15.4. The number of carbonyl (C=O) groups excluding carboxylic acids is 1. The number of benzene rings is 1. The van der Waals surface area contributed by atoms with E-state index in [4.69, 9.17) is 4.74 Å². The maximum absolute atomic E-state index is 12.1. The number of aryl methyl sites for hydroxylation is 1. The molecule has 1 aromatic carbocycles. The molecule has 0 bridgehead atoms. The third-order valence-corrected chi connectivity index (χ3v) is 5.32. The molecule has 1 aromatic heterocycles. The van der Waals surface area contributed by atoms with Crippen LogP contribution >= 0.6 is 0 Å². The quantitative estimate of drug-likeness (QED) is 0.845. The van der Waals surface area contributed by atoms with Crippen molar-refractivity contribution in [1.82, 2.24) is 15.0 Å². The van der Waals surface area contributed by atoms with Crippen LogP contribution in [0.4, 0.5) is 5.69 Å². The second-order valence-corrected chi connectivity index (χ2v) is 7.32. The maximum Gasteiger partial charge on any atom is 0.226 e. The molecule has 0 N–H and O–H groups in total. The van der Waals surface area contributed by atoms with E-state index in [1.807, 2.05) is 21.8 Å². The van der Waals surface area contributed by atoms with E-state index >= 15 is 0 Å². The fourth-order valence-corrected chi connectivity index (χ4v) is 3.85. The lowest BCUT2D eigenvalue weighted by Crippen LogP contribution is -2.35. The average molecular weight is 354 g/mol. The highest BCUT2D eigenvalue weighted by molar-refractivity contribution is 5.94. The van der Waals surface area contributed by atoms with Gasteiger partial charge in [0.25, 0.3) is 0 Å². The number of nitrogens with zero attached hydrogens (tertiary/aromatic N) is 4. The van der Waals surface area contributed by atoms with Crippen LogP contribution in [0, 0.1) is 6.92 Å². The van der Waals surface area contributed by atoms with Crippen LogP contribution in [0.1, 0.15) is 44.1 Å². The van der Waals surface area contributed by atoms with Gasteiger partial charge < -0.3 is 9.64 Å². The minimum atomic E-state index is 0.224. The Hall–Kier alpha value is -2.21. The number of hydrogen-bond donors (Lipinski definition) is 0.